The van der Waals surface area contributed by atoms with Crippen molar-refractivity contribution in [1.82, 2.24) is 9.88 Å². The lowest BCUT2D eigenvalue weighted by atomic mass is 9.83. The van der Waals surface area contributed by atoms with Crippen LogP contribution >= 0.6 is 0 Å². The van der Waals surface area contributed by atoms with Gasteiger partial charge in [0.1, 0.15) is 5.75 Å². The first kappa shape index (κ1) is 13.6. The van der Waals surface area contributed by atoms with E-state index in [4.69, 9.17) is 0 Å². The normalized spacial score (nSPS) is 16.2. The molecular formula is C15H20N2O2. The molecule has 1 aromatic heterocycles. The van der Waals surface area contributed by atoms with E-state index in [1.54, 1.807) is 11.0 Å². The highest BCUT2D eigenvalue weighted by Gasteiger charge is 2.25. The molecule has 0 fully saturated rings. The molecule has 0 atom stereocenters. The van der Waals surface area contributed by atoms with E-state index in [1.807, 2.05) is 0 Å². The molecular weight excluding hydrogens is 240 g/mol. The number of rotatable bonds is 1. The Labute approximate surface area is 113 Å². The minimum absolute atomic E-state index is 0.0573. The summed E-state index contributed by atoms with van der Waals surface area (Å²) in [5.74, 6) is -0.264. The van der Waals surface area contributed by atoms with Crippen molar-refractivity contribution >= 4 is 5.91 Å². The number of amides is 1. The summed E-state index contributed by atoms with van der Waals surface area (Å²) in [5.41, 5.74) is 1.67. The molecule has 1 amide bonds. The first-order valence-corrected chi connectivity index (χ1v) is 6.52. The maximum atomic E-state index is 12.3. The molecule has 0 spiro atoms. The van der Waals surface area contributed by atoms with Gasteiger partial charge in [0, 0.05) is 19.3 Å². The zero-order valence-electron chi connectivity index (χ0n) is 11.7. The van der Waals surface area contributed by atoms with Crippen molar-refractivity contribution < 1.29 is 9.90 Å². The van der Waals surface area contributed by atoms with Gasteiger partial charge in [0.15, 0.2) is 5.69 Å². The van der Waals surface area contributed by atoms with Crippen molar-refractivity contribution in [3.8, 4) is 5.75 Å². The smallest absolute Gasteiger partial charge is 0.276 e. The van der Waals surface area contributed by atoms with E-state index >= 15 is 0 Å². The minimum atomic E-state index is -0.206. The Morgan fingerprint density at radius 1 is 1.42 bits per heavy atom. The van der Waals surface area contributed by atoms with Crippen LogP contribution in [0, 0.1) is 5.41 Å². The maximum Gasteiger partial charge on any atom is 0.276 e. The summed E-state index contributed by atoms with van der Waals surface area (Å²) in [4.78, 5) is 17.9. The lowest BCUT2D eigenvalue weighted by Gasteiger charge is -2.32. The topological polar surface area (TPSA) is 53.4 Å². The average molecular weight is 260 g/mol. The molecule has 0 unspecified atom stereocenters. The van der Waals surface area contributed by atoms with Crippen LogP contribution < -0.4 is 0 Å². The molecule has 1 aromatic rings. The number of aromatic hydroxyl groups is 1. The van der Waals surface area contributed by atoms with E-state index < -0.39 is 0 Å². The second kappa shape index (κ2) is 5.03. The summed E-state index contributed by atoms with van der Waals surface area (Å²) in [5, 5.41) is 9.67. The zero-order valence-corrected chi connectivity index (χ0v) is 11.7. The number of pyridine rings is 1. The van der Waals surface area contributed by atoms with Crippen molar-refractivity contribution in [2.24, 2.45) is 5.41 Å². The molecule has 0 aliphatic carbocycles. The molecule has 0 aromatic carbocycles. The van der Waals surface area contributed by atoms with Gasteiger partial charge in [-0.3, -0.25) is 4.79 Å². The summed E-state index contributed by atoms with van der Waals surface area (Å²) in [7, 11) is 0. The van der Waals surface area contributed by atoms with Crippen molar-refractivity contribution in [3.63, 3.8) is 0 Å². The predicted molar refractivity (Wildman–Crippen MR) is 74.0 cm³/mol. The molecule has 0 saturated heterocycles. The van der Waals surface area contributed by atoms with Crippen molar-refractivity contribution in [1.29, 1.82) is 0 Å². The van der Waals surface area contributed by atoms with Gasteiger partial charge < -0.3 is 10.0 Å². The third-order valence-electron chi connectivity index (χ3n) is 3.45. The van der Waals surface area contributed by atoms with Crippen molar-refractivity contribution in [3.05, 3.63) is 35.7 Å². The Bertz CT molecular complexity index is 515. The van der Waals surface area contributed by atoms with Gasteiger partial charge in [-0.15, -0.1) is 0 Å². The van der Waals surface area contributed by atoms with Gasteiger partial charge in [0.05, 0.1) is 0 Å². The molecule has 0 bridgehead atoms. The standard InChI is InChI=1S/C15H20N2O2/c1-15(2,3)11-6-9-17(10-7-11)14(19)13-12(18)5-4-8-16-13/h4-6,8,18H,7,9-10H2,1-3H3. The maximum absolute atomic E-state index is 12.3. The van der Waals surface area contributed by atoms with Crippen LogP contribution in [0.3, 0.4) is 0 Å². The van der Waals surface area contributed by atoms with Crippen molar-refractivity contribution in [2.75, 3.05) is 13.1 Å². The fourth-order valence-electron chi connectivity index (χ4n) is 2.25. The molecule has 0 radical (unpaired) electrons. The van der Waals surface area contributed by atoms with E-state index in [-0.39, 0.29) is 22.8 Å². The highest BCUT2D eigenvalue weighted by Crippen LogP contribution is 2.30. The Morgan fingerprint density at radius 3 is 2.68 bits per heavy atom. The highest BCUT2D eigenvalue weighted by atomic mass is 16.3. The predicted octanol–water partition coefficient (Wildman–Crippen LogP) is 2.61. The monoisotopic (exact) mass is 260 g/mol. The third kappa shape index (κ3) is 2.95. The highest BCUT2D eigenvalue weighted by molar-refractivity contribution is 5.95. The van der Waals surface area contributed by atoms with Gasteiger partial charge >= 0.3 is 0 Å². The van der Waals surface area contributed by atoms with E-state index in [0.29, 0.717) is 13.1 Å². The van der Waals surface area contributed by atoms with Crippen LogP contribution in [0.1, 0.15) is 37.7 Å². The Morgan fingerprint density at radius 2 is 2.16 bits per heavy atom. The van der Waals surface area contributed by atoms with E-state index in [1.165, 1.54) is 17.8 Å². The second-order valence-corrected chi connectivity index (χ2v) is 5.85. The van der Waals surface area contributed by atoms with Crippen LogP contribution in [0.25, 0.3) is 0 Å². The molecule has 1 N–H and O–H groups in total. The lowest BCUT2D eigenvalue weighted by molar-refractivity contribution is 0.0755. The summed E-state index contributed by atoms with van der Waals surface area (Å²) in [6.45, 7) is 7.81. The van der Waals surface area contributed by atoms with Crippen LogP contribution in [-0.2, 0) is 0 Å². The fourth-order valence-corrected chi connectivity index (χ4v) is 2.25. The SMILES string of the molecule is CC(C)(C)C1=CCN(C(=O)c2ncccc2O)CC1. The molecule has 0 saturated carbocycles. The van der Waals surface area contributed by atoms with E-state index in [9.17, 15) is 9.90 Å². The number of carbonyl (C=O) groups excluding carboxylic acids is 1. The lowest BCUT2D eigenvalue weighted by Crippen LogP contribution is -2.36. The largest absolute Gasteiger partial charge is 0.505 e. The molecule has 2 rings (SSSR count). The Hall–Kier alpha value is -1.84. The number of hydrogen-bond acceptors (Lipinski definition) is 3. The van der Waals surface area contributed by atoms with Gasteiger partial charge in [0.2, 0.25) is 0 Å². The molecule has 19 heavy (non-hydrogen) atoms. The average Bonchev–Trinajstić information content (AvgIpc) is 2.38. The first-order chi connectivity index (χ1) is 8.89. The van der Waals surface area contributed by atoms with Gasteiger partial charge in [-0.1, -0.05) is 32.4 Å². The van der Waals surface area contributed by atoms with Gasteiger partial charge in [-0.25, -0.2) is 4.98 Å². The van der Waals surface area contributed by atoms with E-state index in [0.717, 1.165) is 6.42 Å². The van der Waals surface area contributed by atoms with Crippen LogP contribution in [0.15, 0.2) is 30.0 Å². The van der Waals surface area contributed by atoms with Crippen LogP contribution in [0.2, 0.25) is 0 Å². The molecule has 1 aliphatic heterocycles. The quantitative estimate of drug-likeness (QED) is 0.790. The second-order valence-electron chi connectivity index (χ2n) is 5.85. The fraction of sp³-hybridized carbons (Fsp3) is 0.467. The molecule has 1 aliphatic rings. The molecule has 102 valence electrons. The summed E-state index contributed by atoms with van der Waals surface area (Å²) >= 11 is 0. The first-order valence-electron chi connectivity index (χ1n) is 6.52. The number of aromatic nitrogens is 1. The minimum Gasteiger partial charge on any atom is -0.505 e. The Kier molecular flexibility index (Phi) is 3.60. The van der Waals surface area contributed by atoms with Crippen LogP contribution in [0.5, 0.6) is 5.75 Å². The van der Waals surface area contributed by atoms with Crippen molar-refractivity contribution in [2.45, 2.75) is 27.2 Å². The number of hydrogen-bond donors (Lipinski definition) is 1. The number of nitrogens with zero attached hydrogens (tertiary/aromatic N) is 2. The summed E-state index contributed by atoms with van der Waals surface area (Å²) < 4.78 is 0. The van der Waals surface area contributed by atoms with Gasteiger partial charge in [0.25, 0.3) is 5.91 Å². The molecule has 4 heteroatoms. The Balaban J connectivity index is 2.13. The summed E-state index contributed by atoms with van der Waals surface area (Å²) in [6.07, 6.45) is 4.51. The molecule has 2 heterocycles. The van der Waals surface area contributed by atoms with Gasteiger partial charge in [-0.2, -0.15) is 0 Å². The van der Waals surface area contributed by atoms with Crippen LogP contribution in [-0.4, -0.2) is 34.0 Å². The molecule has 4 nitrogen and oxygen atoms in total. The summed E-state index contributed by atoms with van der Waals surface area (Å²) in [6, 6.07) is 3.10. The van der Waals surface area contributed by atoms with Crippen LogP contribution in [0.4, 0.5) is 0 Å². The number of carbonyl (C=O) groups is 1. The van der Waals surface area contributed by atoms with E-state index in [2.05, 4.69) is 31.8 Å². The van der Waals surface area contributed by atoms with Gasteiger partial charge in [-0.05, 0) is 24.0 Å². The third-order valence-corrected chi connectivity index (χ3v) is 3.45. The zero-order chi connectivity index (χ0) is 14.0.